The Kier molecular flexibility index (Phi) is 5.84. The second-order valence-electron chi connectivity index (χ2n) is 16.5. The van der Waals surface area contributed by atoms with Gasteiger partial charge in [-0.05, 0) is 111 Å². The van der Waals surface area contributed by atoms with Crippen LogP contribution < -0.4 is 0 Å². The van der Waals surface area contributed by atoms with E-state index in [1.807, 2.05) is 24.3 Å². The largest absolute Gasteiger partial charge is 0.456 e. The van der Waals surface area contributed by atoms with Crippen molar-refractivity contribution in [1.29, 1.82) is 0 Å². The lowest BCUT2D eigenvalue weighted by molar-refractivity contribution is 0.660. The molecule has 3 heterocycles. The molecular weight excluding hydrogens is 729 g/mol. The summed E-state index contributed by atoms with van der Waals surface area (Å²) >= 11 is 0. The lowest BCUT2D eigenvalue weighted by Gasteiger charge is -2.22. The van der Waals surface area contributed by atoms with E-state index in [0.29, 0.717) is 5.56 Å². The zero-order valence-electron chi connectivity index (χ0n) is 37.9. The van der Waals surface area contributed by atoms with Crippen molar-refractivity contribution in [2.75, 3.05) is 0 Å². The number of rotatable bonds is 4. The molecule has 60 heavy (non-hydrogen) atoms. The fraction of sp³-hybridized carbons (Fsp3) is 0.0526. The lowest BCUT2D eigenvalue weighted by Crippen LogP contribution is -2.15. The van der Waals surface area contributed by atoms with Crippen LogP contribution in [-0.2, 0) is 5.41 Å². The first kappa shape index (κ1) is 28.7. The molecule has 0 spiro atoms. The average molecular weight is 772 g/mol. The summed E-state index contributed by atoms with van der Waals surface area (Å²) in [5.74, 6) is 0. The predicted molar refractivity (Wildman–Crippen MR) is 251 cm³/mol. The van der Waals surface area contributed by atoms with Gasteiger partial charge in [-0.25, -0.2) is 0 Å². The molecule has 0 radical (unpaired) electrons. The van der Waals surface area contributed by atoms with Crippen LogP contribution in [0.3, 0.4) is 0 Å². The Bertz CT molecular complexity index is 4030. The van der Waals surface area contributed by atoms with Gasteiger partial charge in [0.25, 0.3) is 0 Å². The van der Waals surface area contributed by atoms with Gasteiger partial charge < -0.3 is 13.6 Å². The van der Waals surface area contributed by atoms with Gasteiger partial charge in [-0.2, -0.15) is 0 Å². The SMILES string of the molecule is [2H]c1c([2H])c([2H])c(-c2cccc3c2-c2cc(-n4c5ccccc5c5cc(-c6ccc7c(c6)c6ccccc6n7-c6ccc7c(c6)oc6ccccc67)ccc54)ccc2C3(C)C)c([2H])c1[2H]. The zero-order valence-corrected chi connectivity index (χ0v) is 32.9. The second kappa shape index (κ2) is 12.2. The molecule has 0 aliphatic heterocycles. The fourth-order valence-electron chi connectivity index (χ4n) is 10.2. The molecule has 9 aromatic carbocycles. The summed E-state index contributed by atoms with van der Waals surface area (Å²) in [6.07, 6.45) is 0. The zero-order chi connectivity index (χ0) is 44.0. The molecule has 0 amide bonds. The molecule has 0 N–H and O–H groups in total. The van der Waals surface area contributed by atoms with Crippen molar-refractivity contribution in [3.8, 4) is 44.8 Å². The van der Waals surface area contributed by atoms with Gasteiger partial charge in [0.05, 0.1) is 28.9 Å². The number of furan rings is 1. The number of hydrogen-bond donors (Lipinski definition) is 0. The van der Waals surface area contributed by atoms with E-state index < -0.39 is 6.04 Å². The molecule has 3 aromatic heterocycles. The summed E-state index contributed by atoms with van der Waals surface area (Å²) in [7, 11) is 0. The van der Waals surface area contributed by atoms with E-state index in [1.54, 1.807) is 0 Å². The van der Waals surface area contributed by atoms with Crippen LogP contribution in [0.2, 0.25) is 0 Å². The van der Waals surface area contributed by atoms with Crippen molar-refractivity contribution >= 4 is 65.6 Å². The van der Waals surface area contributed by atoms with Gasteiger partial charge in [0.15, 0.2) is 0 Å². The summed E-state index contributed by atoms with van der Waals surface area (Å²) in [4.78, 5) is 0. The van der Waals surface area contributed by atoms with Gasteiger partial charge >= 0.3 is 0 Å². The molecule has 12 aromatic rings. The van der Waals surface area contributed by atoms with Gasteiger partial charge in [-0.1, -0.05) is 135 Å². The van der Waals surface area contributed by atoms with Gasteiger partial charge in [-0.3, -0.25) is 0 Å². The molecule has 1 aliphatic carbocycles. The van der Waals surface area contributed by atoms with E-state index in [1.165, 1.54) is 10.8 Å². The Hall–Kier alpha value is -7.62. The summed E-state index contributed by atoms with van der Waals surface area (Å²) in [6, 6.07) is 56.5. The van der Waals surface area contributed by atoms with Crippen LogP contribution in [0.25, 0.3) is 110 Å². The van der Waals surface area contributed by atoms with Crippen LogP contribution in [0.15, 0.2) is 198 Å². The minimum atomic E-state index is -0.393. The normalized spacial score (nSPS) is 14.5. The second-order valence-corrected chi connectivity index (χ2v) is 16.5. The molecule has 0 saturated heterocycles. The maximum atomic E-state index is 8.91. The van der Waals surface area contributed by atoms with E-state index in [9.17, 15) is 0 Å². The molecule has 0 saturated carbocycles. The van der Waals surface area contributed by atoms with Crippen molar-refractivity contribution in [2.45, 2.75) is 19.3 Å². The number of fused-ring (bicyclic) bond motifs is 12. The van der Waals surface area contributed by atoms with E-state index in [4.69, 9.17) is 11.3 Å². The quantitative estimate of drug-likeness (QED) is 0.175. The first-order valence-corrected chi connectivity index (χ1v) is 20.4. The Labute approximate surface area is 354 Å². The summed E-state index contributed by atoms with van der Waals surface area (Å²) in [6.45, 7) is 4.39. The highest BCUT2D eigenvalue weighted by molar-refractivity contribution is 6.13. The van der Waals surface area contributed by atoms with Crippen LogP contribution in [0.1, 0.15) is 31.8 Å². The van der Waals surface area contributed by atoms with Crippen LogP contribution in [0.4, 0.5) is 0 Å². The summed E-state index contributed by atoms with van der Waals surface area (Å²) < 4.78 is 54.0. The highest BCUT2D eigenvalue weighted by Gasteiger charge is 2.37. The third kappa shape index (κ3) is 4.60. The van der Waals surface area contributed by atoms with Crippen molar-refractivity contribution in [3.63, 3.8) is 0 Å². The smallest absolute Gasteiger partial charge is 0.137 e. The molecule has 3 heteroatoms. The molecule has 0 unspecified atom stereocenters. The average Bonchev–Trinajstić information content (AvgIpc) is 4.04. The van der Waals surface area contributed by atoms with Gasteiger partial charge in [0.2, 0.25) is 0 Å². The van der Waals surface area contributed by atoms with Gasteiger partial charge in [-0.15, -0.1) is 0 Å². The number of nitrogens with zero attached hydrogens (tertiary/aromatic N) is 2. The molecule has 0 atom stereocenters. The molecule has 0 bridgehead atoms. The maximum Gasteiger partial charge on any atom is 0.137 e. The molecule has 3 nitrogen and oxygen atoms in total. The number of para-hydroxylation sites is 3. The molecule has 0 fully saturated rings. The van der Waals surface area contributed by atoms with Gasteiger partial charge in [0.1, 0.15) is 11.2 Å². The van der Waals surface area contributed by atoms with Crippen LogP contribution in [0, 0.1) is 0 Å². The fourth-order valence-corrected chi connectivity index (χ4v) is 10.2. The van der Waals surface area contributed by atoms with Crippen molar-refractivity contribution in [2.24, 2.45) is 0 Å². The van der Waals surface area contributed by atoms with Crippen molar-refractivity contribution < 1.29 is 11.3 Å². The number of benzene rings is 9. The third-order valence-electron chi connectivity index (χ3n) is 13.0. The Morgan fingerprint density at radius 1 is 0.417 bits per heavy atom. The maximum absolute atomic E-state index is 8.91. The monoisotopic (exact) mass is 771 g/mol. The number of aromatic nitrogens is 2. The topological polar surface area (TPSA) is 23.0 Å². The van der Waals surface area contributed by atoms with E-state index in [0.717, 1.165) is 99.5 Å². The van der Waals surface area contributed by atoms with E-state index >= 15 is 0 Å². The van der Waals surface area contributed by atoms with Crippen molar-refractivity contribution in [3.05, 3.63) is 205 Å². The van der Waals surface area contributed by atoms with Crippen LogP contribution >= 0.6 is 0 Å². The Morgan fingerprint density at radius 2 is 1.00 bits per heavy atom. The van der Waals surface area contributed by atoms with Crippen molar-refractivity contribution in [1.82, 2.24) is 9.13 Å². The van der Waals surface area contributed by atoms with Crippen LogP contribution in [0.5, 0.6) is 0 Å². The first-order valence-electron chi connectivity index (χ1n) is 22.9. The highest BCUT2D eigenvalue weighted by atomic mass is 16.3. The first-order chi connectivity index (χ1) is 31.6. The van der Waals surface area contributed by atoms with E-state index in [-0.39, 0.29) is 35.1 Å². The molecule has 1 aliphatic rings. The minimum absolute atomic E-state index is 0.198. The number of hydrogen-bond acceptors (Lipinski definition) is 1. The standard InChI is InChI=1S/C57H38N2O/c1-57(2)48-28-26-38(33-47(48)56-40(18-12-19-49(56)57)35-13-4-3-5-14-35)58-50-20-9-6-15-41(50)45-31-36(23-29-52(45)58)37-24-30-53-46(32-37)42-16-7-10-21-51(42)59(53)39-25-27-44-43-17-8-11-22-54(43)60-55(44)34-39/h3-34H,1-2H3/i3D,4D,5D,13D,14D. The van der Waals surface area contributed by atoms with E-state index in [2.05, 4.69) is 163 Å². The lowest BCUT2D eigenvalue weighted by atomic mass is 9.82. The molecule has 13 rings (SSSR count). The summed E-state index contributed by atoms with van der Waals surface area (Å²) in [5.41, 5.74) is 15.0. The Balaban J connectivity index is 0.959. The third-order valence-corrected chi connectivity index (χ3v) is 13.0. The Morgan fingerprint density at radius 3 is 1.70 bits per heavy atom. The van der Waals surface area contributed by atoms with Crippen LogP contribution in [-0.4, -0.2) is 9.13 Å². The molecule has 282 valence electrons. The van der Waals surface area contributed by atoms with Gasteiger partial charge in [0, 0.05) is 55.2 Å². The molecular formula is C57H38N2O. The summed E-state index contributed by atoms with van der Waals surface area (Å²) in [5, 5.41) is 6.87. The predicted octanol–water partition coefficient (Wildman–Crippen LogP) is 15.4. The minimum Gasteiger partial charge on any atom is -0.456 e. The highest BCUT2D eigenvalue weighted by Crippen LogP contribution is 2.53.